The summed E-state index contributed by atoms with van der Waals surface area (Å²) in [5.41, 5.74) is 0.399. The first kappa shape index (κ1) is 15.8. The first-order chi connectivity index (χ1) is 9.80. The van der Waals surface area contributed by atoms with Crippen LogP contribution in [-0.4, -0.2) is 28.4 Å². The molecule has 114 valence electrons. The summed E-state index contributed by atoms with van der Waals surface area (Å²) in [5.74, 6) is -2.04. The highest BCUT2D eigenvalue weighted by Crippen LogP contribution is 2.59. The normalized spacial score (nSPS) is 22.7. The van der Waals surface area contributed by atoms with Crippen LogP contribution in [0.2, 0.25) is 5.02 Å². The first-order valence-corrected chi connectivity index (χ1v) is 7.43. The van der Waals surface area contributed by atoms with Gasteiger partial charge in [-0.15, -0.1) is 0 Å². The molecule has 1 aliphatic rings. The Morgan fingerprint density at radius 2 is 1.90 bits per heavy atom. The molecule has 4 nitrogen and oxygen atoms in total. The van der Waals surface area contributed by atoms with E-state index in [1.54, 1.807) is 11.0 Å². The van der Waals surface area contributed by atoms with Crippen molar-refractivity contribution < 1.29 is 14.7 Å². The van der Waals surface area contributed by atoms with E-state index in [1.165, 1.54) is 0 Å². The zero-order valence-electron chi connectivity index (χ0n) is 12.5. The molecule has 0 aliphatic heterocycles. The molecule has 2 unspecified atom stereocenters. The van der Waals surface area contributed by atoms with Gasteiger partial charge in [-0.3, -0.25) is 9.59 Å². The van der Waals surface area contributed by atoms with E-state index in [2.05, 4.69) is 0 Å². The molecule has 2 atom stereocenters. The zero-order chi connectivity index (χ0) is 15.8. The molecular formula is C16H20ClNO3. The van der Waals surface area contributed by atoms with Gasteiger partial charge in [-0.1, -0.05) is 43.6 Å². The summed E-state index contributed by atoms with van der Waals surface area (Å²) in [6, 6.07) is 7.39. The van der Waals surface area contributed by atoms with Gasteiger partial charge in [0.05, 0.1) is 11.8 Å². The molecule has 1 amide bonds. The summed E-state index contributed by atoms with van der Waals surface area (Å²) in [5, 5.41) is 9.82. The molecule has 1 N–H and O–H groups in total. The Kier molecular flexibility index (Phi) is 4.28. The highest BCUT2D eigenvalue weighted by Gasteiger charge is 2.66. The fourth-order valence-corrected chi connectivity index (χ4v) is 3.13. The van der Waals surface area contributed by atoms with Crippen LogP contribution in [0.25, 0.3) is 0 Å². The SMILES string of the molecule is CCN(Cc1ccccc1Cl)C(=O)C1C(C(=O)O)C1(C)C. The van der Waals surface area contributed by atoms with Crippen LogP contribution in [-0.2, 0) is 16.1 Å². The van der Waals surface area contributed by atoms with Gasteiger partial charge in [-0.25, -0.2) is 0 Å². The monoisotopic (exact) mass is 309 g/mol. The standard InChI is InChI=1S/C16H20ClNO3/c1-4-18(9-10-7-5-6-8-11(10)17)14(19)12-13(15(20)21)16(12,2)3/h5-8,12-13H,4,9H2,1-3H3,(H,20,21). The van der Waals surface area contributed by atoms with Gasteiger partial charge in [0, 0.05) is 18.1 Å². The minimum absolute atomic E-state index is 0.102. The summed E-state index contributed by atoms with van der Waals surface area (Å²) in [6.45, 7) is 6.49. The van der Waals surface area contributed by atoms with Crippen molar-refractivity contribution in [3.8, 4) is 0 Å². The van der Waals surface area contributed by atoms with Crippen LogP contribution in [0, 0.1) is 17.3 Å². The molecule has 2 rings (SSSR count). The maximum absolute atomic E-state index is 12.6. The molecule has 1 aliphatic carbocycles. The number of nitrogens with zero attached hydrogens (tertiary/aromatic N) is 1. The maximum atomic E-state index is 12.6. The lowest BCUT2D eigenvalue weighted by Gasteiger charge is -2.22. The van der Waals surface area contributed by atoms with Crippen molar-refractivity contribution >= 4 is 23.5 Å². The second-order valence-corrected chi connectivity index (χ2v) is 6.47. The predicted octanol–water partition coefficient (Wildman–Crippen LogP) is 3.05. The van der Waals surface area contributed by atoms with Crippen LogP contribution in [0.5, 0.6) is 0 Å². The Bertz CT molecular complexity index is 570. The number of carbonyl (C=O) groups excluding carboxylic acids is 1. The third kappa shape index (κ3) is 2.91. The Hall–Kier alpha value is -1.55. The Balaban J connectivity index is 2.14. The van der Waals surface area contributed by atoms with Gasteiger partial charge in [-0.05, 0) is 24.0 Å². The molecule has 0 heterocycles. The van der Waals surface area contributed by atoms with Crippen molar-refractivity contribution in [3.05, 3.63) is 34.9 Å². The van der Waals surface area contributed by atoms with Crippen LogP contribution in [0.4, 0.5) is 0 Å². The molecular weight excluding hydrogens is 290 g/mol. The zero-order valence-corrected chi connectivity index (χ0v) is 13.2. The van der Waals surface area contributed by atoms with Gasteiger partial charge in [0.25, 0.3) is 0 Å². The van der Waals surface area contributed by atoms with E-state index in [1.807, 2.05) is 39.0 Å². The van der Waals surface area contributed by atoms with E-state index >= 15 is 0 Å². The molecule has 1 aromatic rings. The average Bonchev–Trinajstić information content (AvgIpc) is 3.00. The lowest BCUT2D eigenvalue weighted by molar-refractivity contribution is -0.142. The van der Waals surface area contributed by atoms with Crippen molar-refractivity contribution in [2.75, 3.05) is 6.54 Å². The quantitative estimate of drug-likeness (QED) is 0.909. The maximum Gasteiger partial charge on any atom is 0.307 e. The van der Waals surface area contributed by atoms with Crippen LogP contribution in [0.15, 0.2) is 24.3 Å². The Morgan fingerprint density at radius 3 is 2.38 bits per heavy atom. The van der Waals surface area contributed by atoms with Crippen LogP contribution >= 0.6 is 11.6 Å². The largest absolute Gasteiger partial charge is 0.481 e. The van der Waals surface area contributed by atoms with E-state index in [4.69, 9.17) is 11.6 Å². The Labute approximate surface area is 129 Å². The molecule has 21 heavy (non-hydrogen) atoms. The topological polar surface area (TPSA) is 57.6 Å². The van der Waals surface area contributed by atoms with E-state index in [-0.39, 0.29) is 5.91 Å². The van der Waals surface area contributed by atoms with Crippen molar-refractivity contribution in [1.29, 1.82) is 0 Å². The number of amides is 1. The Morgan fingerprint density at radius 1 is 1.29 bits per heavy atom. The van der Waals surface area contributed by atoms with E-state index in [0.717, 1.165) is 5.56 Å². The number of carboxylic acids is 1. The van der Waals surface area contributed by atoms with Crippen LogP contribution in [0.3, 0.4) is 0 Å². The molecule has 0 saturated heterocycles. The van der Waals surface area contributed by atoms with Gasteiger partial charge in [-0.2, -0.15) is 0 Å². The predicted molar refractivity (Wildman–Crippen MR) is 80.9 cm³/mol. The third-order valence-electron chi connectivity index (χ3n) is 4.37. The molecule has 1 aromatic carbocycles. The second-order valence-electron chi connectivity index (χ2n) is 6.06. The highest BCUT2D eigenvalue weighted by molar-refractivity contribution is 6.31. The van der Waals surface area contributed by atoms with Gasteiger partial charge >= 0.3 is 5.97 Å². The molecule has 0 radical (unpaired) electrons. The van der Waals surface area contributed by atoms with Crippen LogP contribution < -0.4 is 0 Å². The summed E-state index contributed by atoms with van der Waals surface area (Å²) < 4.78 is 0. The molecule has 0 spiro atoms. The van der Waals surface area contributed by atoms with E-state index < -0.39 is 23.2 Å². The van der Waals surface area contributed by atoms with Gasteiger partial charge in [0.15, 0.2) is 0 Å². The van der Waals surface area contributed by atoms with Crippen molar-refractivity contribution in [2.24, 2.45) is 17.3 Å². The minimum atomic E-state index is -0.896. The smallest absolute Gasteiger partial charge is 0.307 e. The summed E-state index contributed by atoms with van der Waals surface area (Å²) in [6.07, 6.45) is 0. The van der Waals surface area contributed by atoms with Gasteiger partial charge in [0.2, 0.25) is 5.91 Å². The number of rotatable bonds is 5. The summed E-state index contributed by atoms with van der Waals surface area (Å²) in [4.78, 5) is 25.5. The molecule has 5 heteroatoms. The van der Waals surface area contributed by atoms with Crippen molar-refractivity contribution in [2.45, 2.75) is 27.3 Å². The van der Waals surface area contributed by atoms with Gasteiger partial charge in [0.1, 0.15) is 0 Å². The van der Waals surface area contributed by atoms with E-state index in [9.17, 15) is 14.7 Å². The lowest BCUT2D eigenvalue weighted by atomic mass is 10.1. The number of aliphatic carboxylic acids is 1. The summed E-state index contributed by atoms with van der Waals surface area (Å²) in [7, 11) is 0. The average molecular weight is 310 g/mol. The number of hydrogen-bond acceptors (Lipinski definition) is 2. The highest BCUT2D eigenvalue weighted by atomic mass is 35.5. The number of carbonyl (C=O) groups is 2. The van der Waals surface area contributed by atoms with Crippen molar-refractivity contribution in [1.82, 2.24) is 4.90 Å². The first-order valence-electron chi connectivity index (χ1n) is 7.05. The minimum Gasteiger partial charge on any atom is -0.481 e. The third-order valence-corrected chi connectivity index (χ3v) is 4.74. The van der Waals surface area contributed by atoms with Crippen molar-refractivity contribution in [3.63, 3.8) is 0 Å². The molecule has 0 aromatic heterocycles. The second kappa shape index (κ2) is 5.68. The number of carboxylic acid groups (broad SMARTS) is 1. The number of benzene rings is 1. The van der Waals surface area contributed by atoms with Gasteiger partial charge < -0.3 is 10.0 Å². The summed E-state index contributed by atoms with van der Waals surface area (Å²) >= 11 is 6.13. The number of halogens is 1. The molecule has 1 fully saturated rings. The lowest BCUT2D eigenvalue weighted by Crippen LogP contribution is -2.33. The van der Waals surface area contributed by atoms with E-state index in [0.29, 0.717) is 18.1 Å². The number of hydrogen-bond donors (Lipinski definition) is 1. The van der Waals surface area contributed by atoms with Crippen LogP contribution in [0.1, 0.15) is 26.3 Å². The fraction of sp³-hybridized carbons (Fsp3) is 0.500. The fourth-order valence-electron chi connectivity index (χ4n) is 2.93. The molecule has 0 bridgehead atoms. The molecule has 1 saturated carbocycles.